The fourth-order valence-corrected chi connectivity index (χ4v) is 1.55. The summed E-state index contributed by atoms with van der Waals surface area (Å²) in [4.78, 5) is 34.1. The number of hydrogen-bond donors (Lipinski definition) is 4. The van der Waals surface area contributed by atoms with Crippen LogP contribution in [0.15, 0.2) is 24.3 Å². The number of carbonyl (C=O) groups excluding carboxylic acids is 3. The Morgan fingerprint density at radius 2 is 1.58 bits per heavy atom. The van der Waals surface area contributed by atoms with Gasteiger partial charge in [0.1, 0.15) is 19.8 Å². The van der Waals surface area contributed by atoms with E-state index in [-0.39, 0.29) is 37.5 Å². The van der Waals surface area contributed by atoms with E-state index in [0.717, 1.165) is 12.1 Å². The fraction of sp³-hybridized carbons (Fsp3) is 0.312. The lowest BCUT2D eigenvalue weighted by Gasteiger charge is -2.09. The van der Waals surface area contributed by atoms with Gasteiger partial charge >= 0.3 is 18.0 Å². The molecule has 0 aromatic heterocycles. The number of ether oxygens (including phenoxy) is 3. The first kappa shape index (κ1) is 20.6. The minimum absolute atomic E-state index is 0.0315. The molecule has 0 saturated carbocycles. The largest absolute Gasteiger partial charge is 0.504 e. The quantitative estimate of drug-likeness (QED) is 0.171. The monoisotopic (exact) mass is 369 g/mol. The first-order valence-corrected chi connectivity index (χ1v) is 7.37. The number of phenolic OH excluding ortho intramolecular Hbond substituents is 3. The van der Waals surface area contributed by atoms with Gasteiger partial charge in [0.25, 0.3) is 0 Å². The molecule has 0 bridgehead atoms. The topological polar surface area (TPSA) is 152 Å². The summed E-state index contributed by atoms with van der Waals surface area (Å²) in [5.74, 6) is -3.58. The highest BCUT2D eigenvalue weighted by Gasteiger charge is 2.14. The molecule has 142 valence electrons. The van der Waals surface area contributed by atoms with E-state index in [1.54, 1.807) is 0 Å². The van der Waals surface area contributed by atoms with Crippen molar-refractivity contribution in [1.82, 2.24) is 5.32 Å². The molecular formula is C16H19NO9. The molecule has 1 rings (SSSR count). The molecule has 0 aliphatic rings. The molecule has 0 radical (unpaired) electrons. The van der Waals surface area contributed by atoms with Crippen molar-refractivity contribution in [1.29, 1.82) is 0 Å². The Morgan fingerprint density at radius 3 is 2.15 bits per heavy atom. The molecule has 0 spiro atoms. The zero-order valence-electron chi connectivity index (χ0n) is 14.0. The van der Waals surface area contributed by atoms with Gasteiger partial charge in [-0.05, 0) is 19.1 Å². The lowest BCUT2D eigenvalue weighted by molar-refractivity contribution is -0.138. The SMILES string of the molecule is C=C(C)C(=O)OCCNC(=O)OCCOC(=O)c1cc(O)c(O)c(O)c1. The van der Waals surface area contributed by atoms with Crippen molar-refractivity contribution >= 4 is 18.0 Å². The first-order valence-electron chi connectivity index (χ1n) is 7.37. The number of aromatic hydroxyl groups is 3. The van der Waals surface area contributed by atoms with Crippen LogP contribution >= 0.6 is 0 Å². The van der Waals surface area contributed by atoms with Crippen molar-refractivity contribution in [2.75, 3.05) is 26.4 Å². The number of phenols is 3. The van der Waals surface area contributed by atoms with Gasteiger partial charge in [0, 0.05) is 5.57 Å². The summed E-state index contributed by atoms with van der Waals surface area (Å²) in [5.41, 5.74) is 0.0474. The van der Waals surface area contributed by atoms with Gasteiger partial charge in [-0.3, -0.25) is 0 Å². The average Bonchev–Trinajstić information content (AvgIpc) is 2.59. The second kappa shape index (κ2) is 9.77. The van der Waals surface area contributed by atoms with Gasteiger partial charge in [-0.1, -0.05) is 6.58 Å². The maximum absolute atomic E-state index is 11.7. The molecule has 0 unspecified atom stereocenters. The lowest BCUT2D eigenvalue weighted by atomic mass is 10.2. The Morgan fingerprint density at radius 1 is 1.00 bits per heavy atom. The second-order valence-electron chi connectivity index (χ2n) is 4.98. The smallest absolute Gasteiger partial charge is 0.407 e. The predicted octanol–water partition coefficient (Wildman–Crippen LogP) is 0.806. The molecule has 10 heteroatoms. The summed E-state index contributed by atoms with van der Waals surface area (Å²) in [6, 6.07) is 1.83. The average molecular weight is 369 g/mol. The molecule has 0 aliphatic carbocycles. The van der Waals surface area contributed by atoms with Gasteiger partial charge in [-0.2, -0.15) is 0 Å². The Balaban J connectivity index is 2.23. The molecule has 0 fully saturated rings. The Kier molecular flexibility index (Phi) is 7.74. The number of benzene rings is 1. The summed E-state index contributed by atoms with van der Waals surface area (Å²) in [6.07, 6.45) is -0.799. The van der Waals surface area contributed by atoms with Gasteiger partial charge in [0.2, 0.25) is 0 Å². The molecule has 1 amide bonds. The molecule has 4 N–H and O–H groups in total. The summed E-state index contributed by atoms with van der Waals surface area (Å²) >= 11 is 0. The van der Waals surface area contributed by atoms with E-state index in [0.29, 0.717) is 0 Å². The van der Waals surface area contributed by atoms with Crippen molar-refractivity contribution < 1.29 is 43.9 Å². The van der Waals surface area contributed by atoms with Crippen LogP contribution in [0.2, 0.25) is 0 Å². The summed E-state index contributed by atoms with van der Waals surface area (Å²) < 4.78 is 14.3. The minimum Gasteiger partial charge on any atom is -0.504 e. The summed E-state index contributed by atoms with van der Waals surface area (Å²) in [7, 11) is 0. The van der Waals surface area contributed by atoms with Crippen LogP contribution in [0.4, 0.5) is 4.79 Å². The van der Waals surface area contributed by atoms with Crippen molar-refractivity contribution in [3.8, 4) is 17.2 Å². The highest BCUT2D eigenvalue weighted by atomic mass is 16.6. The molecule has 26 heavy (non-hydrogen) atoms. The standard InChI is InChI=1S/C16H19NO9/c1-9(2)14(21)24-4-3-17-16(23)26-6-5-25-15(22)10-7-11(18)13(20)12(19)8-10/h7-8,18-20H,1,3-6H2,2H3,(H,17,23). The maximum Gasteiger partial charge on any atom is 0.407 e. The molecule has 1 aromatic carbocycles. The third-order valence-electron chi connectivity index (χ3n) is 2.81. The van der Waals surface area contributed by atoms with Crippen LogP contribution in [0, 0.1) is 0 Å². The van der Waals surface area contributed by atoms with Crippen molar-refractivity contribution in [2.24, 2.45) is 0 Å². The van der Waals surface area contributed by atoms with Gasteiger partial charge in [0.05, 0.1) is 12.1 Å². The van der Waals surface area contributed by atoms with Gasteiger partial charge in [0.15, 0.2) is 17.2 Å². The van der Waals surface area contributed by atoms with Crippen molar-refractivity contribution in [2.45, 2.75) is 6.92 Å². The summed E-state index contributed by atoms with van der Waals surface area (Å²) in [6.45, 7) is 4.34. The zero-order valence-corrected chi connectivity index (χ0v) is 14.0. The van der Waals surface area contributed by atoms with E-state index < -0.39 is 35.3 Å². The molecular weight excluding hydrogens is 350 g/mol. The molecule has 0 aliphatic heterocycles. The maximum atomic E-state index is 11.7. The Hall–Kier alpha value is -3.43. The van der Waals surface area contributed by atoms with Gasteiger partial charge in [-0.25, -0.2) is 14.4 Å². The van der Waals surface area contributed by atoms with Crippen LogP contribution in [0.1, 0.15) is 17.3 Å². The number of alkyl carbamates (subject to hydrolysis) is 1. The molecule has 10 nitrogen and oxygen atoms in total. The number of carbonyl (C=O) groups is 3. The van der Waals surface area contributed by atoms with Crippen molar-refractivity contribution in [3.63, 3.8) is 0 Å². The van der Waals surface area contributed by atoms with E-state index in [9.17, 15) is 29.7 Å². The third-order valence-corrected chi connectivity index (χ3v) is 2.81. The molecule has 0 saturated heterocycles. The second-order valence-corrected chi connectivity index (χ2v) is 4.98. The molecule has 0 atom stereocenters. The predicted molar refractivity (Wildman–Crippen MR) is 86.8 cm³/mol. The molecule has 1 aromatic rings. The van der Waals surface area contributed by atoms with E-state index in [4.69, 9.17) is 14.2 Å². The Bertz CT molecular complexity index is 676. The van der Waals surface area contributed by atoms with Crippen LogP contribution in [0.25, 0.3) is 0 Å². The van der Waals surface area contributed by atoms with Crippen molar-refractivity contribution in [3.05, 3.63) is 29.8 Å². The Labute approximate surface area is 148 Å². The van der Waals surface area contributed by atoms with Crippen LogP contribution in [0.5, 0.6) is 17.2 Å². The van der Waals surface area contributed by atoms with Crippen LogP contribution in [-0.4, -0.2) is 59.7 Å². The number of rotatable bonds is 8. The number of amides is 1. The van der Waals surface area contributed by atoms with Crippen LogP contribution in [0.3, 0.4) is 0 Å². The number of hydrogen-bond acceptors (Lipinski definition) is 9. The first-order chi connectivity index (χ1) is 12.2. The number of esters is 2. The fourth-order valence-electron chi connectivity index (χ4n) is 1.55. The third kappa shape index (κ3) is 6.59. The van der Waals surface area contributed by atoms with E-state index >= 15 is 0 Å². The highest BCUT2D eigenvalue weighted by Crippen LogP contribution is 2.35. The van der Waals surface area contributed by atoms with E-state index in [2.05, 4.69) is 11.9 Å². The van der Waals surface area contributed by atoms with E-state index in [1.165, 1.54) is 6.92 Å². The number of nitrogens with one attached hydrogen (secondary N) is 1. The highest BCUT2D eigenvalue weighted by molar-refractivity contribution is 5.91. The zero-order chi connectivity index (χ0) is 19.7. The van der Waals surface area contributed by atoms with Crippen LogP contribution in [-0.2, 0) is 19.0 Å². The van der Waals surface area contributed by atoms with Gasteiger partial charge in [-0.15, -0.1) is 0 Å². The summed E-state index contributed by atoms with van der Waals surface area (Å²) in [5, 5.41) is 30.1. The van der Waals surface area contributed by atoms with E-state index in [1.807, 2.05) is 0 Å². The lowest BCUT2D eigenvalue weighted by Crippen LogP contribution is -2.29. The van der Waals surface area contributed by atoms with Gasteiger partial charge < -0.3 is 34.8 Å². The molecule has 0 heterocycles. The van der Waals surface area contributed by atoms with Crippen LogP contribution < -0.4 is 5.32 Å². The minimum atomic E-state index is -0.897. The normalized spacial score (nSPS) is 9.88.